The molecule has 0 bridgehead atoms. The number of hydrogen-bond donors (Lipinski definition) is 1. The van der Waals surface area contributed by atoms with Crippen LogP contribution in [0.5, 0.6) is 0 Å². The van der Waals surface area contributed by atoms with Crippen molar-refractivity contribution >= 4 is 35.3 Å². The quantitative estimate of drug-likeness (QED) is 0.643. The van der Waals surface area contributed by atoms with Crippen LogP contribution in [-0.4, -0.2) is 54.0 Å². The fraction of sp³-hybridized carbons (Fsp3) is 0.400. The number of imide groups is 1. The lowest BCUT2D eigenvalue weighted by molar-refractivity contribution is -0.125. The van der Waals surface area contributed by atoms with E-state index in [9.17, 15) is 14.4 Å². The van der Waals surface area contributed by atoms with Crippen molar-refractivity contribution in [2.45, 2.75) is 17.7 Å². The molecule has 118 valence electrons. The fourth-order valence-electron chi connectivity index (χ4n) is 2.18. The van der Waals surface area contributed by atoms with E-state index in [0.29, 0.717) is 6.42 Å². The van der Waals surface area contributed by atoms with Gasteiger partial charge in [-0.2, -0.15) is 0 Å². The lowest BCUT2D eigenvalue weighted by Gasteiger charge is -2.13. The van der Waals surface area contributed by atoms with Crippen LogP contribution in [0.3, 0.4) is 0 Å². The van der Waals surface area contributed by atoms with Gasteiger partial charge in [-0.3, -0.25) is 14.5 Å². The number of carbonyl (C=O) groups is 3. The number of amides is 4. The number of rotatable bonds is 6. The molecule has 1 aliphatic rings. The van der Waals surface area contributed by atoms with Crippen LogP contribution >= 0.6 is 11.8 Å². The van der Waals surface area contributed by atoms with Crippen LogP contribution in [0.1, 0.15) is 12.8 Å². The van der Waals surface area contributed by atoms with E-state index in [-0.39, 0.29) is 37.4 Å². The Balaban J connectivity index is 1.76. The number of likely N-dealkylation sites (N-methyl/N-ethyl adjacent to an activating group) is 1. The van der Waals surface area contributed by atoms with E-state index >= 15 is 0 Å². The third-order valence-corrected chi connectivity index (χ3v) is 4.13. The first kappa shape index (κ1) is 16.4. The zero-order chi connectivity index (χ0) is 16.1. The largest absolute Gasteiger partial charge is 0.326 e. The van der Waals surface area contributed by atoms with Crippen molar-refractivity contribution in [1.82, 2.24) is 9.80 Å². The van der Waals surface area contributed by atoms with Crippen molar-refractivity contribution in [2.24, 2.45) is 0 Å². The van der Waals surface area contributed by atoms with Gasteiger partial charge in [-0.1, -0.05) is 0 Å². The standard InChI is InChI=1S/C15H19N3O3S/c1-17-10-14(20)18(15(17)21)9-3-4-13(19)16-11-5-7-12(22-2)8-6-11/h5-8H,3-4,9-10H2,1-2H3,(H,16,19). The van der Waals surface area contributed by atoms with Crippen molar-refractivity contribution < 1.29 is 14.4 Å². The molecule has 0 aromatic heterocycles. The molecule has 0 saturated carbocycles. The van der Waals surface area contributed by atoms with Crippen LogP contribution < -0.4 is 5.32 Å². The molecule has 4 amide bonds. The first-order chi connectivity index (χ1) is 10.5. The minimum absolute atomic E-state index is 0.118. The van der Waals surface area contributed by atoms with Gasteiger partial charge in [-0.15, -0.1) is 11.8 Å². The Kier molecular flexibility index (Phi) is 5.43. The molecular weight excluding hydrogens is 302 g/mol. The summed E-state index contributed by atoms with van der Waals surface area (Å²) in [6, 6.07) is 7.30. The van der Waals surface area contributed by atoms with Gasteiger partial charge in [-0.05, 0) is 36.9 Å². The highest BCUT2D eigenvalue weighted by Crippen LogP contribution is 2.17. The second-order valence-corrected chi connectivity index (χ2v) is 5.94. The zero-order valence-corrected chi connectivity index (χ0v) is 13.5. The molecule has 1 aliphatic heterocycles. The third-order valence-electron chi connectivity index (χ3n) is 3.39. The Hall–Kier alpha value is -2.02. The summed E-state index contributed by atoms with van der Waals surface area (Å²) < 4.78 is 0. The number of anilines is 1. The van der Waals surface area contributed by atoms with Crippen LogP contribution in [-0.2, 0) is 9.59 Å². The minimum Gasteiger partial charge on any atom is -0.326 e. The molecule has 1 aromatic rings. The van der Waals surface area contributed by atoms with Crippen LogP contribution in [0, 0.1) is 0 Å². The molecule has 1 fully saturated rings. The average molecular weight is 321 g/mol. The summed E-state index contributed by atoms with van der Waals surface area (Å²) in [6.07, 6.45) is 2.72. The summed E-state index contributed by atoms with van der Waals surface area (Å²) in [4.78, 5) is 38.8. The normalized spacial score (nSPS) is 14.6. The van der Waals surface area contributed by atoms with Crippen LogP contribution in [0.15, 0.2) is 29.2 Å². The van der Waals surface area contributed by atoms with E-state index in [0.717, 1.165) is 10.6 Å². The lowest BCUT2D eigenvalue weighted by Crippen LogP contribution is -2.32. The van der Waals surface area contributed by atoms with Gasteiger partial charge in [0.25, 0.3) is 0 Å². The Morgan fingerprint density at radius 2 is 1.95 bits per heavy atom. The summed E-state index contributed by atoms with van der Waals surface area (Å²) >= 11 is 1.64. The molecule has 22 heavy (non-hydrogen) atoms. The highest BCUT2D eigenvalue weighted by atomic mass is 32.2. The molecule has 0 unspecified atom stereocenters. The van der Waals surface area contributed by atoms with E-state index in [1.807, 2.05) is 30.5 Å². The number of hydrogen-bond acceptors (Lipinski definition) is 4. The molecular formula is C15H19N3O3S. The van der Waals surface area contributed by atoms with Crippen LogP contribution in [0.25, 0.3) is 0 Å². The van der Waals surface area contributed by atoms with Crippen molar-refractivity contribution in [3.05, 3.63) is 24.3 Å². The monoisotopic (exact) mass is 321 g/mol. The van der Waals surface area contributed by atoms with Gasteiger partial charge in [-0.25, -0.2) is 4.79 Å². The maximum Gasteiger partial charge on any atom is 0.326 e. The third kappa shape index (κ3) is 4.00. The van der Waals surface area contributed by atoms with Crippen LogP contribution in [0.2, 0.25) is 0 Å². The molecule has 7 heteroatoms. The predicted octanol–water partition coefficient (Wildman–Crippen LogP) is 2.02. The molecule has 0 spiro atoms. The van der Waals surface area contributed by atoms with Crippen molar-refractivity contribution in [2.75, 3.05) is 31.7 Å². The minimum atomic E-state index is -0.293. The molecule has 6 nitrogen and oxygen atoms in total. The van der Waals surface area contributed by atoms with Gasteiger partial charge in [0.15, 0.2) is 0 Å². The maximum absolute atomic E-state index is 11.9. The molecule has 1 heterocycles. The van der Waals surface area contributed by atoms with Gasteiger partial charge in [0, 0.05) is 30.6 Å². The summed E-state index contributed by atoms with van der Waals surface area (Å²) in [6.45, 7) is 0.396. The Morgan fingerprint density at radius 1 is 1.27 bits per heavy atom. The number of thioether (sulfide) groups is 1. The molecule has 1 saturated heterocycles. The Bertz CT molecular complexity index is 574. The highest BCUT2D eigenvalue weighted by molar-refractivity contribution is 7.98. The van der Waals surface area contributed by atoms with Crippen molar-refractivity contribution in [1.29, 1.82) is 0 Å². The van der Waals surface area contributed by atoms with Gasteiger partial charge in [0.2, 0.25) is 11.8 Å². The average Bonchev–Trinajstić information content (AvgIpc) is 2.74. The highest BCUT2D eigenvalue weighted by Gasteiger charge is 2.32. The predicted molar refractivity (Wildman–Crippen MR) is 85.8 cm³/mol. The van der Waals surface area contributed by atoms with Gasteiger partial charge < -0.3 is 10.2 Å². The summed E-state index contributed by atoms with van der Waals surface area (Å²) in [5.41, 5.74) is 0.746. The SMILES string of the molecule is CSc1ccc(NC(=O)CCCN2C(=O)CN(C)C2=O)cc1. The van der Waals surface area contributed by atoms with Gasteiger partial charge in [0.1, 0.15) is 6.54 Å². The Morgan fingerprint density at radius 3 is 2.50 bits per heavy atom. The second kappa shape index (κ2) is 7.31. The second-order valence-electron chi connectivity index (χ2n) is 5.06. The maximum atomic E-state index is 11.9. The fourth-order valence-corrected chi connectivity index (χ4v) is 2.59. The van der Waals surface area contributed by atoms with E-state index < -0.39 is 0 Å². The molecule has 0 radical (unpaired) electrons. The number of carbonyl (C=O) groups excluding carboxylic acids is 3. The van der Waals surface area contributed by atoms with Crippen LogP contribution in [0.4, 0.5) is 10.5 Å². The first-order valence-corrected chi connectivity index (χ1v) is 8.23. The number of benzene rings is 1. The van der Waals surface area contributed by atoms with E-state index in [4.69, 9.17) is 0 Å². The molecule has 1 N–H and O–H groups in total. The van der Waals surface area contributed by atoms with Crippen molar-refractivity contribution in [3.8, 4) is 0 Å². The Labute approximate surface area is 133 Å². The van der Waals surface area contributed by atoms with Gasteiger partial charge in [0.05, 0.1) is 0 Å². The van der Waals surface area contributed by atoms with Gasteiger partial charge >= 0.3 is 6.03 Å². The van der Waals surface area contributed by atoms with E-state index in [1.165, 1.54) is 9.80 Å². The molecule has 1 aromatic carbocycles. The zero-order valence-electron chi connectivity index (χ0n) is 12.7. The van der Waals surface area contributed by atoms with Crippen molar-refractivity contribution in [3.63, 3.8) is 0 Å². The molecule has 0 atom stereocenters. The number of nitrogens with zero attached hydrogens (tertiary/aromatic N) is 2. The smallest absolute Gasteiger partial charge is 0.326 e. The van der Waals surface area contributed by atoms with E-state index in [1.54, 1.807) is 18.8 Å². The lowest BCUT2D eigenvalue weighted by atomic mass is 10.2. The molecule has 0 aliphatic carbocycles. The summed E-state index contributed by atoms with van der Waals surface area (Å²) in [5.74, 6) is -0.329. The topological polar surface area (TPSA) is 69.7 Å². The summed E-state index contributed by atoms with van der Waals surface area (Å²) in [7, 11) is 1.59. The molecule has 2 rings (SSSR count). The number of nitrogens with one attached hydrogen (secondary N) is 1. The number of urea groups is 1. The first-order valence-electron chi connectivity index (χ1n) is 7.00. The van der Waals surface area contributed by atoms with E-state index in [2.05, 4.69) is 5.32 Å². The summed E-state index contributed by atoms with van der Waals surface area (Å²) in [5, 5.41) is 2.80.